The second-order valence-electron chi connectivity index (χ2n) is 7.86. The van der Waals surface area contributed by atoms with Crippen molar-refractivity contribution < 1.29 is 13.2 Å². The van der Waals surface area contributed by atoms with Crippen LogP contribution >= 0.6 is 0 Å². The van der Waals surface area contributed by atoms with Crippen LogP contribution in [0.2, 0.25) is 0 Å². The van der Waals surface area contributed by atoms with Crippen LogP contribution in [0.4, 0.5) is 23.0 Å². The molecule has 33 heavy (non-hydrogen) atoms. The Morgan fingerprint density at radius 1 is 0.848 bits per heavy atom. The summed E-state index contributed by atoms with van der Waals surface area (Å²) in [6.45, 7) is 5.17. The van der Waals surface area contributed by atoms with Gasteiger partial charge < -0.3 is 15.5 Å². The highest BCUT2D eigenvalue weighted by Crippen LogP contribution is 2.22. The van der Waals surface area contributed by atoms with Gasteiger partial charge in [-0.15, -0.1) is 10.2 Å². The van der Waals surface area contributed by atoms with Crippen molar-refractivity contribution >= 4 is 38.9 Å². The molecule has 2 aromatic carbocycles. The number of nitrogens with zero attached hydrogens (tertiary/aromatic N) is 4. The summed E-state index contributed by atoms with van der Waals surface area (Å²) in [5.74, 6) is 1.15. The summed E-state index contributed by atoms with van der Waals surface area (Å²) in [6.07, 6.45) is 0. The molecule has 2 heterocycles. The Morgan fingerprint density at radius 3 is 2.06 bits per heavy atom. The molecule has 172 valence electrons. The van der Waals surface area contributed by atoms with E-state index in [1.54, 1.807) is 12.1 Å². The van der Waals surface area contributed by atoms with E-state index in [4.69, 9.17) is 0 Å². The number of amides is 1. The fourth-order valence-corrected chi connectivity index (χ4v) is 4.99. The molecule has 1 aliphatic heterocycles. The van der Waals surface area contributed by atoms with Gasteiger partial charge in [-0.2, -0.15) is 4.31 Å². The van der Waals surface area contributed by atoms with Crippen molar-refractivity contribution in [3.8, 4) is 0 Å². The summed E-state index contributed by atoms with van der Waals surface area (Å²) in [6, 6.07) is 18.0. The second-order valence-corrected chi connectivity index (χ2v) is 9.80. The van der Waals surface area contributed by atoms with Gasteiger partial charge in [-0.25, -0.2) is 8.42 Å². The Morgan fingerprint density at radius 2 is 1.48 bits per heavy atom. The monoisotopic (exact) mass is 466 g/mol. The highest BCUT2D eigenvalue weighted by atomic mass is 32.2. The minimum atomic E-state index is -3.61. The molecule has 0 spiro atoms. The zero-order valence-electron chi connectivity index (χ0n) is 18.5. The third kappa shape index (κ3) is 5.47. The van der Waals surface area contributed by atoms with E-state index in [0.717, 1.165) is 5.69 Å². The van der Waals surface area contributed by atoms with Crippen LogP contribution in [0.25, 0.3) is 0 Å². The molecule has 0 atom stereocenters. The van der Waals surface area contributed by atoms with Gasteiger partial charge in [0, 0.05) is 44.5 Å². The van der Waals surface area contributed by atoms with Crippen molar-refractivity contribution in [2.24, 2.45) is 0 Å². The van der Waals surface area contributed by atoms with Gasteiger partial charge >= 0.3 is 0 Å². The summed E-state index contributed by atoms with van der Waals surface area (Å²) in [7, 11) is -3.61. The van der Waals surface area contributed by atoms with E-state index in [0.29, 0.717) is 43.5 Å². The number of hydrogen-bond acceptors (Lipinski definition) is 7. The Labute approximate surface area is 193 Å². The van der Waals surface area contributed by atoms with E-state index in [9.17, 15) is 13.2 Å². The fraction of sp³-hybridized carbons (Fsp3) is 0.261. The number of nitrogens with one attached hydrogen (secondary N) is 2. The summed E-state index contributed by atoms with van der Waals surface area (Å²) in [5.41, 5.74) is 2.68. The van der Waals surface area contributed by atoms with Gasteiger partial charge in [0.25, 0.3) is 0 Å². The normalized spacial score (nSPS) is 14.7. The van der Waals surface area contributed by atoms with E-state index >= 15 is 0 Å². The number of aromatic nitrogens is 2. The second kappa shape index (κ2) is 9.55. The molecule has 1 saturated heterocycles. The predicted molar refractivity (Wildman–Crippen MR) is 128 cm³/mol. The molecule has 1 aromatic heterocycles. The highest BCUT2D eigenvalue weighted by Gasteiger charge is 2.29. The van der Waals surface area contributed by atoms with Gasteiger partial charge in [0.1, 0.15) is 0 Å². The van der Waals surface area contributed by atoms with Gasteiger partial charge in [-0.3, -0.25) is 4.79 Å². The molecular formula is C23H26N6O3S. The molecule has 3 aromatic rings. The van der Waals surface area contributed by atoms with Crippen LogP contribution in [-0.2, 0) is 14.8 Å². The number of benzene rings is 2. The molecule has 0 unspecified atom stereocenters. The number of rotatable bonds is 6. The fourth-order valence-electron chi connectivity index (χ4n) is 3.57. The first-order valence-corrected chi connectivity index (χ1v) is 12.1. The van der Waals surface area contributed by atoms with Crippen molar-refractivity contribution in [1.82, 2.24) is 14.5 Å². The molecular weight excluding hydrogens is 440 g/mol. The molecule has 1 amide bonds. The lowest BCUT2D eigenvalue weighted by atomic mass is 10.2. The summed E-state index contributed by atoms with van der Waals surface area (Å²) < 4.78 is 27.4. The number of anilines is 4. The molecule has 10 heteroatoms. The lowest BCUT2D eigenvalue weighted by Gasteiger charge is -2.34. The Kier molecular flexibility index (Phi) is 6.57. The first-order valence-electron chi connectivity index (χ1n) is 10.6. The van der Waals surface area contributed by atoms with Crippen LogP contribution in [0.15, 0.2) is 65.6 Å². The number of carbonyl (C=O) groups is 1. The molecule has 0 radical (unpaired) electrons. The van der Waals surface area contributed by atoms with Crippen LogP contribution in [0, 0.1) is 6.92 Å². The third-order valence-corrected chi connectivity index (χ3v) is 7.26. The van der Waals surface area contributed by atoms with Gasteiger partial charge in [0.15, 0.2) is 11.6 Å². The maximum absolute atomic E-state index is 13.0. The Bertz CT molecular complexity index is 1200. The lowest BCUT2D eigenvalue weighted by molar-refractivity contribution is -0.114. The van der Waals surface area contributed by atoms with Crippen molar-refractivity contribution in [3.63, 3.8) is 0 Å². The molecule has 0 saturated carbocycles. The van der Waals surface area contributed by atoms with Crippen molar-refractivity contribution in [1.29, 1.82) is 0 Å². The summed E-state index contributed by atoms with van der Waals surface area (Å²) in [5, 5.41) is 14.4. The molecule has 1 aliphatic rings. The highest BCUT2D eigenvalue weighted by molar-refractivity contribution is 7.89. The lowest BCUT2D eigenvalue weighted by Crippen LogP contribution is -2.49. The smallest absolute Gasteiger partial charge is 0.243 e. The zero-order valence-corrected chi connectivity index (χ0v) is 19.3. The van der Waals surface area contributed by atoms with Crippen LogP contribution in [0.3, 0.4) is 0 Å². The summed E-state index contributed by atoms with van der Waals surface area (Å²) in [4.78, 5) is 13.4. The maximum Gasteiger partial charge on any atom is 0.243 e. The van der Waals surface area contributed by atoms with Crippen LogP contribution in [0.1, 0.15) is 12.5 Å². The van der Waals surface area contributed by atoms with E-state index in [1.165, 1.54) is 28.9 Å². The first-order chi connectivity index (χ1) is 15.8. The van der Waals surface area contributed by atoms with Crippen LogP contribution < -0.4 is 15.5 Å². The number of carbonyl (C=O) groups excluding carboxylic acids is 1. The number of aryl methyl sites for hydroxylation is 1. The average Bonchev–Trinajstić information content (AvgIpc) is 2.81. The van der Waals surface area contributed by atoms with Gasteiger partial charge in [-0.05, 0) is 55.5 Å². The molecule has 9 nitrogen and oxygen atoms in total. The molecule has 0 aliphatic carbocycles. The first kappa shape index (κ1) is 22.7. The van der Waals surface area contributed by atoms with Crippen LogP contribution in [0.5, 0.6) is 0 Å². The third-order valence-electron chi connectivity index (χ3n) is 5.35. The number of hydrogen-bond donors (Lipinski definition) is 2. The van der Waals surface area contributed by atoms with E-state index in [2.05, 4.69) is 20.8 Å². The van der Waals surface area contributed by atoms with E-state index in [-0.39, 0.29) is 10.8 Å². The summed E-state index contributed by atoms with van der Waals surface area (Å²) >= 11 is 0. The van der Waals surface area contributed by atoms with Gasteiger partial charge in [0.2, 0.25) is 15.9 Å². The predicted octanol–water partition coefficient (Wildman–Crippen LogP) is 3.00. The maximum atomic E-state index is 13.0. The van der Waals surface area contributed by atoms with Crippen molar-refractivity contribution in [2.45, 2.75) is 18.7 Å². The van der Waals surface area contributed by atoms with Gasteiger partial charge in [0.05, 0.1) is 4.90 Å². The standard InChI is InChI=1S/C23H26N6O3S/c1-17-3-5-20(6-4-17)25-22-11-12-23(27-26-22)28-13-15-29(16-14-28)33(31,32)21-9-7-19(8-10-21)24-18(2)30/h3-12H,13-16H2,1-2H3,(H,24,30)(H,25,26). The Balaban J connectivity index is 1.36. The SMILES string of the molecule is CC(=O)Nc1ccc(S(=O)(=O)N2CCN(c3ccc(Nc4ccc(C)cc4)nn3)CC2)cc1. The molecule has 4 rings (SSSR count). The number of sulfonamides is 1. The van der Waals surface area contributed by atoms with Crippen molar-refractivity contribution in [3.05, 3.63) is 66.2 Å². The van der Waals surface area contributed by atoms with E-state index in [1.807, 2.05) is 48.2 Å². The topological polar surface area (TPSA) is 108 Å². The van der Waals surface area contributed by atoms with E-state index < -0.39 is 10.0 Å². The molecule has 0 bridgehead atoms. The van der Waals surface area contributed by atoms with Crippen LogP contribution in [-0.4, -0.2) is 55.0 Å². The Hall–Kier alpha value is -3.50. The minimum absolute atomic E-state index is 0.205. The quantitative estimate of drug-likeness (QED) is 0.575. The van der Waals surface area contributed by atoms with Gasteiger partial charge in [-0.1, -0.05) is 17.7 Å². The largest absolute Gasteiger partial charge is 0.352 e. The minimum Gasteiger partial charge on any atom is -0.352 e. The molecule has 1 fully saturated rings. The number of piperazine rings is 1. The average molecular weight is 467 g/mol. The van der Waals surface area contributed by atoms with Crippen molar-refractivity contribution in [2.75, 3.05) is 41.7 Å². The zero-order chi connectivity index (χ0) is 23.4. The molecule has 2 N–H and O–H groups in total.